The molecule has 0 unspecified atom stereocenters. The van der Waals surface area contributed by atoms with Crippen molar-refractivity contribution in [3.8, 4) is 11.5 Å². The smallest absolute Gasteiger partial charge is 0.314 e. The van der Waals surface area contributed by atoms with Gasteiger partial charge in [-0.05, 0) is 30.5 Å². The molecule has 4 rings (SSSR count). The highest BCUT2D eigenvalue weighted by molar-refractivity contribution is 5.99. The Morgan fingerprint density at radius 1 is 1.21 bits per heavy atom. The molecule has 24 heavy (non-hydrogen) atoms. The van der Waals surface area contributed by atoms with Crippen molar-refractivity contribution in [2.75, 3.05) is 13.2 Å². The maximum absolute atomic E-state index is 12.7. The normalized spacial score (nSPS) is 18.5. The molecule has 0 spiro atoms. The lowest BCUT2D eigenvalue weighted by Gasteiger charge is -2.30. The van der Waals surface area contributed by atoms with Crippen molar-refractivity contribution in [1.82, 2.24) is 15.1 Å². The monoisotopic (exact) mass is 335 g/mol. The summed E-state index contributed by atoms with van der Waals surface area (Å²) in [5, 5.41) is 6.95. The number of amides is 1. The Labute approximate surface area is 136 Å². The number of benzene rings is 1. The van der Waals surface area contributed by atoms with Crippen LogP contribution in [0.1, 0.15) is 41.1 Å². The van der Waals surface area contributed by atoms with Gasteiger partial charge in [-0.15, -0.1) is 10.2 Å². The molecule has 3 heterocycles. The predicted molar refractivity (Wildman–Crippen MR) is 78.4 cm³/mol. The van der Waals surface area contributed by atoms with Crippen LogP contribution in [0, 0.1) is 0 Å². The van der Waals surface area contributed by atoms with Gasteiger partial charge in [-0.1, -0.05) is 6.07 Å². The lowest BCUT2D eigenvalue weighted by Crippen LogP contribution is -2.39. The van der Waals surface area contributed by atoms with Crippen molar-refractivity contribution in [3.05, 3.63) is 35.2 Å². The number of hydrogen-bond donors (Lipinski definition) is 0. The topological polar surface area (TPSA) is 68.5 Å². The summed E-state index contributed by atoms with van der Waals surface area (Å²) in [5.41, 5.74) is 1.95. The van der Waals surface area contributed by atoms with Gasteiger partial charge >= 0.3 is 6.43 Å². The fourth-order valence-corrected chi connectivity index (χ4v) is 3.19. The molecule has 2 aliphatic rings. The summed E-state index contributed by atoms with van der Waals surface area (Å²) in [6.45, 7) is 1.88. The van der Waals surface area contributed by atoms with E-state index in [1.165, 1.54) is 0 Å². The SMILES string of the molecule is O=C1c2cc(-c3nnc(C(F)F)o3)ccc2CN1C1CCOCC1. The highest BCUT2D eigenvalue weighted by Gasteiger charge is 2.34. The first-order chi connectivity index (χ1) is 11.6. The average Bonchev–Trinajstić information content (AvgIpc) is 3.21. The molecule has 2 aromatic rings. The Morgan fingerprint density at radius 3 is 2.71 bits per heavy atom. The van der Waals surface area contributed by atoms with E-state index >= 15 is 0 Å². The summed E-state index contributed by atoms with van der Waals surface area (Å²) in [5.74, 6) is -0.779. The van der Waals surface area contributed by atoms with Gasteiger partial charge in [-0.25, -0.2) is 0 Å². The van der Waals surface area contributed by atoms with Gasteiger partial charge in [0.05, 0.1) is 0 Å². The van der Waals surface area contributed by atoms with Crippen LogP contribution < -0.4 is 0 Å². The molecule has 1 fully saturated rings. The van der Waals surface area contributed by atoms with Crippen molar-refractivity contribution >= 4 is 5.91 Å². The maximum atomic E-state index is 12.7. The summed E-state index contributed by atoms with van der Waals surface area (Å²) < 4.78 is 35.4. The Bertz CT molecular complexity index is 772. The van der Waals surface area contributed by atoms with Crippen LogP contribution in [0.25, 0.3) is 11.5 Å². The molecule has 8 heteroatoms. The maximum Gasteiger partial charge on any atom is 0.314 e. The molecule has 2 aliphatic heterocycles. The first kappa shape index (κ1) is 15.2. The number of fused-ring (bicyclic) bond motifs is 1. The van der Waals surface area contributed by atoms with Gasteiger partial charge in [0.25, 0.3) is 11.8 Å². The third-order valence-electron chi connectivity index (χ3n) is 4.45. The van der Waals surface area contributed by atoms with Crippen molar-refractivity contribution in [3.63, 3.8) is 0 Å². The third kappa shape index (κ3) is 2.56. The van der Waals surface area contributed by atoms with E-state index in [2.05, 4.69) is 10.2 Å². The van der Waals surface area contributed by atoms with Gasteiger partial charge in [0.15, 0.2) is 0 Å². The van der Waals surface area contributed by atoms with E-state index in [1.807, 2.05) is 11.0 Å². The molecule has 1 saturated heterocycles. The van der Waals surface area contributed by atoms with Crippen molar-refractivity contribution in [1.29, 1.82) is 0 Å². The van der Waals surface area contributed by atoms with E-state index in [0.717, 1.165) is 18.4 Å². The minimum atomic E-state index is -2.81. The number of aromatic nitrogens is 2. The molecule has 0 atom stereocenters. The van der Waals surface area contributed by atoms with Crippen LogP contribution in [0.4, 0.5) is 8.78 Å². The minimum absolute atomic E-state index is 0.00887. The highest BCUT2D eigenvalue weighted by Crippen LogP contribution is 2.31. The Morgan fingerprint density at radius 2 is 2.00 bits per heavy atom. The van der Waals surface area contributed by atoms with Crippen molar-refractivity contribution < 1.29 is 22.7 Å². The second-order valence-corrected chi connectivity index (χ2v) is 5.89. The van der Waals surface area contributed by atoms with Crippen LogP contribution in [0.3, 0.4) is 0 Å². The van der Waals surface area contributed by atoms with Crippen molar-refractivity contribution in [2.45, 2.75) is 31.9 Å². The minimum Gasteiger partial charge on any atom is -0.415 e. The zero-order chi connectivity index (χ0) is 16.7. The van der Waals surface area contributed by atoms with E-state index in [1.54, 1.807) is 12.1 Å². The van der Waals surface area contributed by atoms with E-state index in [-0.39, 0.29) is 17.8 Å². The lowest BCUT2D eigenvalue weighted by atomic mass is 10.1. The molecular weight excluding hydrogens is 320 g/mol. The Balaban J connectivity index is 1.60. The second-order valence-electron chi connectivity index (χ2n) is 5.89. The number of carbonyl (C=O) groups is 1. The Hall–Kier alpha value is -2.35. The van der Waals surface area contributed by atoms with Gasteiger partial charge in [0, 0.05) is 36.9 Å². The van der Waals surface area contributed by atoms with Crippen LogP contribution in [0.5, 0.6) is 0 Å². The number of ether oxygens (including phenoxy) is 1. The number of rotatable bonds is 3. The third-order valence-corrected chi connectivity index (χ3v) is 4.45. The van der Waals surface area contributed by atoms with Gasteiger partial charge < -0.3 is 14.1 Å². The zero-order valence-corrected chi connectivity index (χ0v) is 12.7. The first-order valence-corrected chi connectivity index (χ1v) is 7.77. The fourth-order valence-electron chi connectivity index (χ4n) is 3.19. The van der Waals surface area contributed by atoms with Crippen LogP contribution in [-0.2, 0) is 11.3 Å². The molecule has 0 N–H and O–H groups in total. The second kappa shape index (κ2) is 5.94. The van der Waals surface area contributed by atoms with Crippen LogP contribution in [-0.4, -0.2) is 40.3 Å². The molecule has 0 aliphatic carbocycles. The fraction of sp³-hybridized carbons (Fsp3) is 0.438. The van der Waals surface area contributed by atoms with E-state index in [9.17, 15) is 13.6 Å². The number of halogens is 2. The van der Waals surface area contributed by atoms with Gasteiger partial charge in [-0.2, -0.15) is 8.78 Å². The van der Waals surface area contributed by atoms with E-state index in [0.29, 0.717) is 30.9 Å². The number of hydrogen-bond acceptors (Lipinski definition) is 5. The number of carbonyl (C=O) groups excluding carboxylic acids is 1. The molecule has 0 bridgehead atoms. The van der Waals surface area contributed by atoms with E-state index < -0.39 is 12.3 Å². The molecular formula is C16H15F2N3O3. The molecule has 0 radical (unpaired) electrons. The standard InChI is InChI=1S/C16H15F2N3O3/c17-13(18)15-20-19-14(24-15)9-1-2-10-8-21(16(22)12(10)7-9)11-3-5-23-6-4-11/h1-2,7,11,13H,3-6,8H2. The lowest BCUT2D eigenvalue weighted by molar-refractivity contribution is 0.0303. The van der Waals surface area contributed by atoms with E-state index in [4.69, 9.17) is 9.15 Å². The van der Waals surface area contributed by atoms with Gasteiger partial charge in [0.2, 0.25) is 5.89 Å². The molecule has 1 aromatic heterocycles. The molecule has 1 amide bonds. The summed E-state index contributed by atoms with van der Waals surface area (Å²) in [4.78, 5) is 14.5. The van der Waals surface area contributed by atoms with Crippen molar-refractivity contribution in [2.24, 2.45) is 0 Å². The summed E-state index contributed by atoms with van der Waals surface area (Å²) in [6, 6.07) is 5.34. The summed E-state index contributed by atoms with van der Waals surface area (Å²) in [7, 11) is 0. The quantitative estimate of drug-likeness (QED) is 0.863. The van der Waals surface area contributed by atoms with Crippen LogP contribution in [0.2, 0.25) is 0 Å². The van der Waals surface area contributed by atoms with Crippen LogP contribution >= 0.6 is 0 Å². The first-order valence-electron chi connectivity index (χ1n) is 7.77. The summed E-state index contributed by atoms with van der Waals surface area (Å²) >= 11 is 0. The highest BCUT2D eigenvalue weighted by atomic mass is 19.3. The zero-order valence-electron chi connectivity index (χ0n) is 12.7. The largest absolute Gasteiger partial charge is 0.415 e. The molecule has 126 valence electrons. The van der Waals surface area contributed by atoms with Crippen LogP contribution in [0.15, 0.2) is 22.6 Å². The molecule has 6 nitrogen and oxygen atoms in total. The number of alkyl halides is 2. The molecule has 0 saturated carbocycles. The average molecular weight is 335 g/mol. The van der Waals surface area contributed by atoms with Gasteiger partial charge in [-0.3, -0.25) is 4.79 Å². The number of nitrogens with zero attached hydrogens (tertiary/aromatic N) is 3. The predicted octanol–water partition coefficient (Wildman–Crippen LogP) is 2.81. The van der Waals surface area contributed by atoms with Gasteiger partial charge in [0.1, 0.15) is 0 Å². The molecule has 1 aromatic carbocycles. The summed E-state index contributed by atoms with van der Waals surface area (Å²) in [6.07, 6.45) is -1.16. The Kier molecular flexibility index (Phi) is 3.76.